The van der Waals surface area contributed by atoms with Crippen molar-refractivity contribution in [3.8, 4) is 11.5 Å². The molecule has 1 atom stereocenters. The van der Waals surface area contributed by atoms with Crippen LogP contribution in [0.1, 0.15) is 30.6 Å². The summed E-state index contributed by atoms with van der Waals surface area (Å²) in [6.07, 6.45) is 3.75. The Kier molecular flexibility index (Phi) is 6.51. The summed E-state index contributed by atoms with van der Waals surface area (Å²) in [5.41, 5.74) is 0.407. The second-order valence-corrected chi connectivity index (χ2v) is 5.99. The van der Waals surface area contributed by atoms with Crippen LogP contribution >= 0.6 is 0 Å². The second kappa shape index (κ2) is 8.82. The molecule has 0 spiro atoms. The van der Waals surface area contributed by atoms with Gasteiger partial charge in [0, 0.05) is 18.0 Å². The molecule has 1 N–H and O–H groups in total. The van der Waals surface area contributed by atoms with Crippen molar-refractivity contribution >= 4 is 11.9 Å². The highest BCUT2D eigenvalue weighted by Gasteiger charge is 2.23. The minimum atomic E-state index is -0.678. The number of nitrogens with one attached hydrogen (secondary N) is 1. The molecule has 2 aromatic rings. The van der Waals surface area contributed by atoms with Crippen LogP contribution in [-0.2, 0) is 9.53 Å². The fourth-order valence-corrected chi connectivity index (χ4v) is 2.31. The molecule has 0 unspecified atom stereocenters. The molecule has 1 amide bonds. The maximum absolute atomic E-state index is 12.5. The highest BCUT2D eigenvalue weighted by Crippen LogP contribution is 2.21. The zero-order chi connectivity index (χ0) is 18.2. The average Bonchev–Trinajstić information content (AvgIpc) is 2.61. The highest BCUT2D eigenvalue weighted by atomic mass is 16.5. The number of carbonyl (C=O) groups is 2. The lowest BCUT2D eigenvalue weighted by atomic mass is 10.0. The Hall–Kier alpha value is -2.89. The fourth-order valence-electron chi connectivity index (χ4n) is 2.31. The van der Waals surface area contributed by atoms with Gasteiger partial charge in [-0.15, -0.1) is 0 Å². The van der Waals surface area contributed by atoms with E-state index in [4.69, 9.17) is 9.47 Å². The molecule has 0 aliphatic rings. The molecule has 0 fully saturated rings. The van der Waals surface area contributed by atoms with Crippen LogP contribution < -0.4 is 10.1 Å². The summed E-state index contributed by atoms with van der Waals surface area (Å²) in [5, 5.41) is 2.73. The van der Waals surface area contributed by atoms with Crippen LogP contribution in [-0.4, -0.2) is 30.0 Å². The van der Waals surface area contributed by atoms with E-state index in [9.17, 15) is 9.59 Å². The highest BCUT2D eigenvalue weighted by molar-refractivity contribution is 5.97. The van der Waals surface area contributed by atoms with Gasteiger partial charge in [0.05, 0.1) is 7.11 Å². The fraction of sp³-hybridized carbons (Fsp3) is 0.316. The molecule has 0 saturated carbocycles. The third-order valence-corrected chi connectivity index (χ3v) is 3.48. The number of hydrogen-bond acceptors (Lipinski definition) is 5. The number of amides is 1. The lowest BCUT2D eigenvalue weighted by Crippen LogP contribution is -2.42. The van der Waals surface area contributed by atoms with Crippen molar-refractivity contribution < 1.29 is 19.1 Å². The lowest BCUT2D eigenvalue weighted by molar-refractivity contribution is -0.143. The van der Waals surface area contributed by atoms with E-state index < -0.39 is 12.0 Å². The first kappa shape index (κ1) is 18.4. The monoisotopic (exact) mass is 342 g/mol. The van der Waals surface area contributed by atoms with Gasteiger partial charge in [-0.25, -0.2) is 4.79 Å². The molecule has 1 aromatic heterocycles. The zero-order valence-corrected chi connectivity index (χ0v) is 14.6. The van der Waals surface area contributed by atoms with E-state index in [1.165, 1.54) is 7.11 Å². The van der Waals surface area contributed by atoms with Crippen LogP contribution in [0.5, 0.6) is 11.5 Å². The molecular formula is C19H22N2O4. The van der Waals surface area contributed by atoms with Gasteiger partial charge in [0.2, 0.25) is 0 Å². The maximum atomic E-state index is 12.5. The summed E-state index contributed by atoms with van der Waals surface area (Å²) in [6.45, 7) is 3.95. The second-order valence-electron chi connectivity index (χ2n) is 5.99. The van der Waals surface area contributed by atoms with Gasteiger partial charge in [-0.2, -0.15) is 0 Å². The minimum absolute atomic E-state index is 0.241. The van der Waals surface area contributed by atoms with Gasteiger partial charge in [-0.1, -0.05) is 19.9 Å². The number of benzene rings is 1. The molecule has 0 aliphatic carbocycles. The van der Waals surface area contributed by atoms with Crippen molar-refractivity contribution in [2.24, 2.45) is 5.92 Å². The zero-order valence-electron chi connectivity index (χ0n) is 14.6. The van der Waals surface area contributed by atoms with Gasteiger partial charge in [-0.3, -0.25) is 9.78 Å². The summed E-state index contributed by atoms with van der Waals surface area (Å²) in [5.74, 6) is 0.588. The Labute approximate surface area is 147 Å². The number of rotatable bonds is 7. The van der Waals surface area contributed by atoms with Crippen LogP contribution in [0.15, 0.2) is 48.8 Å². The van der Waals surface area contributed by atoms with Crippen LogP contribution in [0.4, 0.5) is 0 Å². The summed E-state index contributed by atoms with van der Waals surface area (Å²) in [6, 6.07) is 9.54. The molecule has 0 aliphatic heterocycles. The van der Waals surface area contributed by atoms with Crippen LogP contribution in [0.3, 0.4) is 0 Å². The number of nitrogens with zero attached hydrogens (tertiary/aromatic N) is 1. The van der Waals surface area contributed by atoms with Crippen molar-refractivity contribution in [2.45, 2.75) is 26.3 Å². The standard InChI is InChI=1S/C19H22N2O4/c1-13(2)11-17(19(23)24-3)21-18(22)14-5-4-6-16(12-14)25-15-7-9-20-10-8-15/h4-10,12-13,17H,11H2,1-3H3,(H,21,22)/t17-/m1/s1. The van der Waals surface area contributed by atoms with E-state index in [0.29, 0.717) is 23.5 Å². The van der Waals surface area contributed by atoms with Crippen molar-refractivity contribution in [3.63, 3.8) is 0 Å². The van der Waals surface area contributed by atoms with E-state index in [1.54, 1.807) is 48.8 Å². The Morgan fingerprint density at radius 3 is 2.48 bits per heavy atom. The number of ether oxygens (including phenoxy) is 2. The largest absolute Gasteiger partial charge is 0.467 e. The Bertz CT molecular complexity index is 716. The maximum Gasteiger partial charge on any atom is 0.328 e. The van der Waals surface area contributed by atoms with Gasteiger partial charge in [0.1, 0.15) is 17.5 Å². The molecule has 0 bridgehead atoms. The summed E-state index contributed by atoms with van der Waals surface area (Å²) in [4.78, 5) is 28.3. The lowest BCUT2D eigenvalue weighted by Gasteiger charge is -2.18. The topological polar surface area (TPSA) is 77.5 Å². The molecule has 0 radical (unpaired) electrons. The molecule has 6 heteroatoms. The number of esters is 1. The summed E-state index contributed by atoms with van der Waals surface area (Å²) >= 11 is 0. The smallest absolute Gasteiger partial charge is 0.328 e. The quantitative estimate of drug-likeness (QED) is 0.782. The molecule has 1 aromatic carbocycles. The normalized spacial score (nSPS) is 11.7. The third-order valence-electron chi connectivity index (χ3n) is 3.48. The van der Waals surface area contributed by atoms with Crippen molar-refractivity contribution in [1.29, 1.82) is 0 Å². The van der Waals surface area contributed by atoms with Gasteiger partial charge in [0.25, 0.3) is 5.91 Å². The van der Waals surface area contributed by atoms with Crippen molar-refractivity contribution in [1.82, 2.24) is 10.3 Å². The molecule has 6 nitrogen and oxygen atoms in total. The first-order valence-electron chi connectivity index (χ1n) is 8.06. The van der Waals surface area contributed by atoms with Crippen molar-refractivity contribution in [3.05, 3.63) is 54.4 Å². The van der Waals surface area contributed by atoms with Gasteiger partial charge in [-0.05, 0) is 42.7 Å². The number of aromatic nitrogens is 1. The van der Waals surface area contributed by atoms with Crippen LogP contribution in [0, 0.1) is 5.92 Å². The number of pyridine rings is 1. The Balaban J connectivity index is 2.10. The molecule has 0 saturated heterocycles. The minimum Gasteiger partial charge on any atom is -0.467 e. The van der Waals surface area contributed by atoms with E-state index >= 15 is 0 Å². The third kappa shape index (κ3) is 5.60. The summed E-state index contributed by atoms with van der Waals surface area (Å²) < 4.78 is 10.5. The number of carbonyl (C=O) groups excluding carboxylic acids is 2. The predicted octanol–water partition coefficient (Wildman–Crippen LogP) is 3.19. The van der Waals surface area contributed by atoms with Crippen molar-refractivity contribution in [2.75, 3.05) is 7.11 Å². The molecule has 1 heterocycles. The first-order valence-corrected chi connectivity index (χ1v) is 8.06. The average molecular weight is 342 g/mol. The van der Waals surface area contributed by atoms with Gasteiger partial charge >= 0.3 is 5.97 Å². The number of hydrogen-bond donors (Lipinski definition) is 1. The van der Waals surface area contributed by atoms with Gasteiger partial charge in [0.15, 0.2) is 0 Å². The predicted molar refractivity (Wildman–Crippen MR) is 93.5 cm³/mol. The molecule has 132 valence electrons. The number of methoxy groups -OCH3 is 1. The molecule has 25 heavy (non-hydrogen) atoms. The van der Waals surface area contributed by atoms with Crippen LogP contribution in [0.2, 0.25) is 0 Å². The van der Waals surface area contributed by atoms with Crippen LogP contribution in [0.25, 0.3) is 0 Å². The summed E-state index contributed by atoms with van der Waals surface area (Å²) in [7, 11) is 1.31. The molecular weight excluding hydrogens is 320 g/mol. The molecule has 2 rings (SSSR count). The SMILES string of the molecule is COC(=O)[C@@H](CC(C)C)NC(=O)c1cccc(Oc2ccncc2)c1. The Morgan fingerprint density at radius 1 is 1.12 bits per heavy atom. The van der Waals surface area contributed by atoms with Gasteiger partial charge < -0.3 is 14.8 Å². The Morgan fingerprint density at radius 2 is 1.84 bits per heavy atom. The van der Waals surface area contributed by atoms with E-state index in [-0.39, 0.29) is 11.8 Å². The van der Waals surface area contributed by atoms with E-state index in [0.717, 1.165) is 0 Å². The first-order chi connectivity index (χ1) is 12.0. The van der Waals surface area contributed by atoms with E-state index in [2.05, 4.69) is 10.3 Å². The van der Waals surface area contributed by atoms with E-state index in [1.807, 2.05) is 13.8 Å².